The summed E-state index contributed by atoms with van der Waals surface area (Å²) in [6.45, 7) is 0. The number of hydrogen-bond acceptors (Lipinski definition) is 1. The minimum atomic E-state index is -1.44. The van der Waals surface area contributed by atoms with Crippen molar-refractivity contribution in [3.8, 4) is 0 Å². The van der Waals surface area contributed by atoms with Gasteiger partial charge >= 0.3 is 62.9 Å². The van der Waals surface area contributed by atoms with Gasteiger partial charge in [0.25, 0.3) is 0 Å². The molecule has 1 N–H and O–H groups in total. The minimum absolute atomic E-state index is 0.622. The van der Waals surface area contributed by atoms with Crippen LogP contribution in [0.1, 0.15) is 0 Å². The first-order chi connectivity index (χ1) is 2.64. The predicted octanol–water partition coefficient (Wildman–Crippen LogP) is 1.60. The molecule has 0 aliphatic heterocycles. The molecule has 0 radical (unpaired) electrons. The SMILES string of the molecule is O=C(O)[As](I)I. The van der Waals surface area contributed by atoms with Crippen LogP contribution in [-0.2, 0) is 0 Å². The van der Waals surface area contributed by atoms with Crippen molar-refractivity contribution in [2.45, 2.75) is 0 Å². The molecule has 0 heterocycles. The zero-order chi connectivity index (χ0) is 5.15. The molecule has 0 saturated heterocycles. The van der Waals surface area contributed by atoms with Crippen LogP contribution in [0.5, 0.6) is 0 Å². The molecule has 0 aliphatic carbocycles. The molecular formula is CHAsI2O2. The summed E-state index contributed by atoms with van der Waals surface area (Å²) in [6.07, 6.45) is 0. The van der Waals surface area contributed by atoms with Crippen LogP contribution in [0.15, 0.2) is 0 Å². The van der Waals surface area contributed by atoms with Crippen molar-refractivity contribution < 1.29 is 9.90 Å². The summed E-state index contributed by atoms with van der Waals surface area (Å²) in [5, 5.41) is 8.04. The van der Waals surface area contributed by atoms with Crippen LogP contribution < -0.4 is 0 Å². The maximum absolute atomic E-state index is 9.75. The third-order valence-electron chi connectivity index (χ3n) is 0.145. The van der Waals surface area contributed by atoms with E-state index in [0.717, 1.165) is 0 Å². The summed E-state index contributed by atoms with van der Waals surface area (Å²) >= 11 is 3.93. The van der Waals surface area contributed by atoms with Crippen LogP contribution in [0.25, 0.3) is 0 Å². The van der Waals surface area contributed by atoms with Crippen molar-refractivity contribution in [2.75, 3.05) is 0 Å². The normalized spacial score (nSPS) is 9.17. The zero-order valence-corrected chi connectivity index (χ0v) is 8.75. The second-order valence-corrected chi connectivity index (χ2v) is 21.9. The average Bonchev–Trinajstić information content (AvgIpc) is 1.36. The quantitative estimate of drug-likeness (QED) is 0.560. The first kappa shape index (κ1) is 7.49. The Hall–Kier alpha value is 1.49. The second-order valence-electron chi connectivity index (χ2n) is 0.515. The molecule has 36 valence electrons. The van der Waals surface area contributed by atoms with Gasteiger partial charge in [-0.25, -0.2) is 0 Å². The Morgan fingerprint density at radius 2 is 1.83 bits per heavy atom. The molecule has 0 bridgehead atoms. The Bertz CT molecular complexity index is 62.6. The topological polar surface area (TPSA) is 37.3 Å². The summed E-state index contributed by atoms with van der Waals surface area (Å²) in [7, 11) is -1.44. The van der Waals surface area contributed by atoms with E-state index in [2.05, 4.69) is 0 Å². The van der Waals surface area contributed by atoms with Gasteiger partial charge in [-0.05, 0) is 0 Å². The van der Waals surface area contributed by atoms with Gasteiger partial charge in [0.1, 0.15) is 0 Å². The van der Waals surface area contributed by atoms with Crippen LogP contribution in [0, 0.1) is 0 Å². The van der Waals surface area contributed by atoms with Crippen molar-refractivity contribution in [3.63, 3.8) is 0 Å². The summed E-state index contributed by atoms with van der Waals surface area (Å²) in [6, 6.07) is 0. The van der Waals surface area contributed by atoms with Crippen molar-refractivity contribution in [2.24, 2.45) is 0 Å². The maximum atomic E-state index is 9.75. The van der Waals surface area contributed by atoms with E-state index < -0.39 is 12.7 Å². The van der Waals surface area contributed by atoms with Crippen LogP contribution in [-0.4, -0.2) is 17.8 Å². The predicted molar refractivity (Wildman–Crippen MR) is 41.8 cm³/mol. The molecule has 0 aromatic heterocycles. The van der Waals surface area contributed by atoms with E-state index >= 15 is 0 Å². The molecule has 0 saturated carbocycles. The molecular weight excluding hydrogens is 373 g/mol. The molecule has 0 amide bonds. The molecule has 0 spiro atoms. The Kier molecular flexibility index (Phi) is 4.35. The van der Waals surface area contributed by atoms with Crippen LogP contribution in [0.4, 0.5) is 4.79 Å². The average molecular weight is 374 g/mol. The van der Waals surface area contributed by atoms with E-state index in [0.29, 0.717) is 0 Å². The van der Waals surface area contributed by atoms with Crippen LogP contribution >= 0.6 is 40.3 Å². The van der Waals surface area contributed by atoms with Gasteiger partial charge in [0.2, 0.25) is 0 Å². The zero-order valence-electron chi connectivity index (χ0n) is 2.56. The Labute approximate surface area is 62.0 Å². The summed E-state index contributed by atoms with van der Waals surface area (Å²) in [5.41, 5.74) is 0. The fourth-order valence-electron chi connectivity index (χ4n) is 0. The number of rotatable bonds is 1. The number of hydrogen-bond donors (Lipinski definition) is 1. The Morgan fingerprint density at radius 1 is 1.67 bits per heavy atom. The first-order valence-electron chi connectivity index (χ1n) is 0.989. The van der Waals surface area contributed by atoms with Crippen molar-refractivity contribution in [3.05, 3.63) is 0 Å². The van der Waals surface area contributed by atoms with Gasteiger partial charge in [0.15, 0.2) is 0 Å². The number of carboxylic acid groups (broad SMARTS) is 1. The standard InChI is InChI=1S/CHAsI2O2/c3-2(4)1(5)6/h(H,5,6). The molecule has 5 heteroatoms. The first-order valence-corrected chi connectivity index (χ1v) is 13.4. The molecule has 6 heavy (non-hydrogen) atoms. The van der Waals surface area contributed by atoms with Crippen LogP contribution in [0.3, 0.4) is 0 Å². The summed E-state index contributed by atoms with van der Waals surface area (Å²) in [5.74, 6) is 0. The third kappa shape index (κ3) is 3.67. The van der Waals surface area contributed by atoms with Crippen molar-refractivity contribution >= 4 is 53.0 Å². The number of halogens is 2. The van der Waals surface area contributed by atoms with Crippen molar-refractivity contribution in [1.29, 1.82) is 0 Å². The Morgan fingerprint density at radius 3 is 1.83 bits per heavy atom. The van der Waals surface area contributed by atoms with Gasteiger partial charge in [-0.2, -0.15) is 0 Å². The van der Waals surface area contributed by atoms with Gasteiger partial charge in [0, 0.05) is 0 Å². The summed E-state index contributed by atoms with van der Waals surface area (Å²) < 4.78 is -0.622. The van der Waals surface area contributed by atoms with Gasteiger partial charge in [-0.3, -0.25) is 0 Å². The van der Waals surface area contributed by atoms with E-state index in [1.54, 1.807) is 0 Å². The van der Waals surface area contributed by atoms with Gasteiger partial charge in [-0.15, -0.1) is 0 Å². The van der Waals surface area contributed by atoms with Crippen LogP contribution in [0.2, 0.25) is 0 Å². The Balaban J connectivity index is 3.26. The monoisotopic (exact) mass is 374 g/mol. The fourth-order valence-corrected chi connectivity index (χ4v) is 0. The number of carbonyl (C=O) groups is 1. The molecule has 2 nitrogen and oxygen atoms in total. The van der Waals surface area contributed by atoms with Crippen molar-refractivity contribution in [1.82, 2.24) is 0 Å². The third-order valence-corrected chi connectivity index (χ3v) is 5.04. The van der Waals surface area contributed by atoms with E-state index in [9.17, 15) is 4.79 Å². The van der Waals surface area contributed by atoms with E-state index in [-0.39, 0.29) is 0 Å². The van der Waals surface area contributed by atoms with Gasteiger partial charge in [-0.1, -0.05) is 0 Å². The molecule has 0 aromatic rings. The van der Waals surface area contributed by atoms with E-state index in [1.165, 1.54) is 0 Å². The summed E-state index contributed by atoms with van der Waals surface area (Å²) in [4.78, 5) is 9.75. The molecule has 0 aromatic carbocycles. The molecule has 0 atom stereocenters. The van der Waals surface area contributed by atoms with Gasteiger partial charge < -0.3 is 0 Å². The fraction of sp³-hybridized carbons (Fsp3) is 0. The second kappa shape index (κ2) is 3.49. The molecule has 0 rings (SSSR count). The van der Waals surface area contributed by atoms with E-state index in [4.69, 9.17) is 5.11 Å². The molecule has 0 fully saturated rings. The van der Waals surface area contributed by atoms with Gasteiger partial charge in [0.05, 0.1) is 0 Å². The van der Waals surface area contributed by atoms with E-state index in [1.807, 2.05) is 40.3 Å². The molecule has 0 unspecified atom stereocenters. The molecule has 0 aliphatic rings.